The molecule has 0 aliphatic heterocycles. The van der Waals surface area contributed by atoms with Gasteiger partial charge in [0.2, 0.25) is 0 Å². The summed E-state index contributed by atoms with van der Waals surface area (Å²) in [5.74, 6) is -0.846. The number of allylic oxidation sites excluding steroid dienone is 8. The van der Waals surface area contributed by atoms with E-state index in [-0.39, 0.29) is 31.1 Å². The van der Waals surface area contributed by atoms with E-state index in [0.29, 0.717) is 19.3 Å². The van der Waals surface area contributed by atoms with E-state index in [4.69, 9.17) is 14.2 Å². The average molecular weight is 1140 g/mol. The molecule has 0 amide bonds. The first-order chi connectivity index (χ1) is 40.0. The Morgan fingerprint density at radius 3 is 0.704 bits per heavy atom. The third-order valence-corrected chi connectivity index (χ3v) is 16.3. The summed E-state index contributed by atoms with van der Waals surface area (Å²) < 4.78 is 17.0. The van der Waals surface area contributed by atoms with E-state index in [1.54, 1.807) is 0 Å². The van der Waals surface area contributed by atoms with Crippen molar-refractivity contribution in [2.75, 3.05) is 13.2 Å². The highest BCUT2D eigenvalue weighted by Gasteiger charge is 2.19. The Balaban J connectivity index is 4.29. The zero-order chi connectivity index (χ0) is 58.5. The lowest BCUT2D eigenvalue weighted by Crippen LogP contribution is -2.30. The van der Waals surface area contributed by atoms with Crippen LogP contribution in [0.25, 0.3) is 0 Å². The molecular weight excluding hydrogens is 997 g/mol. The standard InChI is InChI=1S/C75H138O6/c1-4-7-10-13-16-19-22-25-28-30-32-34-36-37-39-40-42-44-47-50-53-56-59-62-65-68-74(77)80-71-72(70-79-73(76)67-64-61-58-55-52-49-46-27-24-21-18-15-12-9-6-3)81-75(78)69-66-63-60-57-54-51-48-45-43-41-38-35-33-31-29-26-23-20-17-14-11-8-5-2/h22,25,30-33,36-37,72H,4-21,23-24,26-29,34-35,38-71H2,1-3H3/b25-22-,32-30-,33-31-,37-36-. The van der Waals surface area contributed by atoms with Gasteiger partial charge in [0.15, 0.2) is 6.10 Å². The van der Waals surface area contributed by atoms with E-state index in [0.717, 1.165) is 70.6 Å². The minimum atomic E-state index is -0.775. The quantitative estimate of drug-likeness (QED) is 0.0261. The molecule has 474 valence electrons. The van der Waals surface area contributed by atoms with E-state index in [2.05, 4.69) is 69.4 Å². The van der Waals surface area contributed by atoms with Crippen LogP contribution in [0.4, 0.5) is 0 Å². The van der Waals surface area contributed by atoms with Crippen molar-refractivity contribution in [1.82, 2.24) is 0 Å². The van der Waals surface area contributed by atoms with Crippen molar-refractivity contribution >= 4 is 17.9 Å². The molecule has 0 aromatic carbocycles. The first kappa shape index (κ1) is 78.4. The second-order valence-electron chi connectivity index (χ2n) is 24.5. The molecule has 0 saturated carbocycles. The van der Waals surface area contributed by atoms with Crippen molar-refractivity contribution < 1.29 is 28.6 Å². The summed E-state index contributed by atoms with van der Waals surface area (Å²) in [6, 6.07) is 0. The van der Waals surface area contributed by atoms with Crippen LogP contribution in [0.3, 0.4) is 0 Å². The molecule has 0 rings (SSSR count). The molecule has 81 heavy (non-hydrogen) atoms. The van der Waals surface area contributed by atoms with Gasteiger partial charge in [0.05, 0.1) is 0 Å². The molecule has 0 fully saturated rings. The number of unbranched alkanes of at least 4 members (excludes halogenated alkanes) is 48. The highest BCUT2D eigenvalue weighted by Crippen LogP contribution is 2.18. The van der Waals surface area contributed by atoms with Gasteiger partial charge < -0.3 is 14.2 Å². The number of hydrogen-bond acceptors (Lipinski definition) is 6. The second kappa shape index (κ2) is 69.9. The van der Waals surface area contributed by atoms with Crippen molar-refractivity contribution in [2.45, 2.75) is 399 Å². The number of ether oxygens (including phenoxy) is 3. The van der Waals surface area contributed by atoms with Gasteiger partial charge in [-0.15, -0.1) is 0 Å². The van der Waals surface area contributed by atoms with E-state index in [1.165, 1.54) is 283 Å². The molecule has 0 aromatic rings. The van der Waals surface area contributed by atoms with Crippen LogP contribution in [0.2, 0.25) is 0 Å². The first-order valence-corrected chi connectivity index (χ1v) is 36.1. The lowest BCUT2D eigenvalue weighted by Gasteiger charge is -2.18. The monoisotopic (exact) mass is 1140 g/mol. The number of carbonyl (C=O) groups is 3. The lowest BCUT2D eigenvalue weighted by molar-refractivity contribution is -0.167. The number of esters is 3. The molecule has 6 heteroatoms. The fourth-order valence-corrected chi connectivity index (χ4v) is 10.9. The van der Waals surface area contributed by atoms with Gasteiger partial charge in [0.25, 0.3) is 0 Å². The lowest BCUT2D eigenvalue weighted by atomic mass is 10.0. The summed E-state index contributed by atoms with van der Waals surface area (Å²) in [7, 11) is 0. The highest BCUT2D eigenvalue weighted by atomic mass is 16.6. The van der Waals surface area contributed by atoms with Crippen LogP contribution in [0, 0.1) is 0 Å². The van der Waals surface area contributed by atoms with E-state index >= 15 is 0 Å². The zero-order valence-electron chi connectivity index (χ0n) is 54.6. The number of hydrogen-bond donors (Lipinski definition) is 0. The van der Waals surface area contributed by atoms with E-state index in [9.17, 15) is 14.4 Å². The Morgan fingerprint density at radius 1 is 0.247 bits per heavy atom. The summed E-state index contributed by atoms with van der Waals surface area (Å²) in [6.45, 7) is 6.70. The fraction of sp³-hybridized carbons (Fsp3) is 0.853. The van der Waals surface area contributed by atoms with Crippen molar-refractivity contribution in [2.24, 2.45) is 0 Å². The Labute approximate surface area is 505 Å². The van der Waals surface area contributed by atoms with E-state index in [1.807, 2.05) is 0 Å². The average Bonchev–Trinajstić information content (AvgIpc) is 3.47. The largest absolute Gasteiger partial charge is 0.462 e. The normalized spacial score (nSPS) is 12.3. The zero-order valence-corrected chi connectivity index (χ0v) is 54.6. The summed E-state index contributed by atoms with van der Waals surface area (Å²) in [5, 5.41) is 0. The van der Waals surface area contributed by atoms with E-state index < -0.39 is 6.10 Å². The molecule has 1 unspecified atom stereocenters. The Hall–Kier alpha value is -2.63. The Kier molecular flexibility index (Phi) is 67.6. The third kappa shape index (κ3) is 68.0. The maximum absolute atomic E-state index is 13.0. The number of rotatable bonds is 67. The van der Waals surface area contributed by atoms with Crippen LogP contribution in [0.1, 0.15) is 393 Å². The van der Waals surface area contributed by atoms with Crippen LogP contribution in [-0.2, 0) is 28.6 Å². The van der Waals surface area contributed by atoms with Crippen LogP contribution in [-0.4, -0.2) is 37.2 Å². The summed E-state index contributed by atoms with van der Waals surface area (Å²) in [5.41, 5.74) is 0. The van der Waals surface area contributed by atoms with Gasteiger partial charge >= 0.3 is 17.9 Å². The van der Waals surface area contributed by atoms with Gasteiger partial charge in [-0.1, -0.05) is 339 Å². The van der Waals surface area contributed by atoms with Crippen LogP contribution < -0.4 is 0 Å². The molecule has 0 radical (unpaired) electrons. The van der Waals surface area contributed by atoms with Crippen molar-refractivity contribution in [3.8, 4) is 0 Å². The molecule has 0 spiro atoms. The summed E-state index contributed by atoms with van der Waals surface area (Å²) in [4.78, 5) is 38.5. The van der Waals surface area contributed by atoms with Gasteiger partial charge in [-0.05, 0) is 83.5 Å². The first-order valence-electron chi connectivity index (χ1n) is 36.1. The van der Waals surface area contributed by atoms with Gasteiger partial charge in [-0.2, -0.15) is 0 Å². The van der Waals surface area contributed by atoms with Gasteiger partial charge in [-0.25, -0.2) is 0 Å². The predicted octanol–water partition coefficient (Wildman–Crippen LogP) is 24.9. The van der Waals surface area contributed by atoms with Crippen LogP contribution >= 0.6 is 0 Å². The molecule has 0 bridgehead atoms. The summed E-state index contributed by atoms with van der Waals surface area (Å²) >= 11 is 0. The smallest absolute Gasteiger partial charge is 0.306 e. The maximum Gasteiger partial charge on any atom is 0.306 e. The van der Waals surface area contributed by atoms with Crippen LogP contribution in [0.5, 0.6) is 0 Å². The van der Waals surface area contributed by atoms with Gasteiger partial charge in [-0.3, -0.25) is 14.4 Å². The molecule has 0 N–H and O–H groups in total. The Morgan fingerprint density at radius 2 is 0.444 bits per heavy atom. The number of carbonyl (C=O) groups excluding carboxylic acids is 3. The molecule has 0 aliphatic rings. The third-order valence-electron chi connectivity index (χ3n) is 16.3. The van der Waals surface area contributed by atoms with Crippen molar-refractivity contribution in [3.63, 3.8) is 0 Å². The van der Waals surface area contributed by atoms with Crippen molar-refractivity contribution in [1.29, 1.82) is 0 Å². The summed E-state index contributed by atoms with van der Waals surface area (Å²) in [6.07, 6.45) is 88.5. The predicted molar refractivity (Wildman–Crippen MR) is 353 cm³/mol. The minimum absolute atomic E-state index is 0.0697. The molecular formula is C75H138O6. The topological polar surface area (TPSA) is 78.9 Å². The molecule has 0 saturated heterocycles. The van der Waals surface area contributed by atoms with Crippen molar-refractivity contribution in [3.05, 3.63) is 48.6 Å². The molecule has 0 aromatic heterocycles. The molecule has 0 aliphatic carbocycles. The molecule has 1 atom stereocenters. The minimum Gasteiger partial charge on any atom is -0.462 e. The fourth-order valence-electron chi connectivity index (χ4n) is 10.9. The SMILES string of the molecule is CCCCCCC/C=C\C/C=C\C/C=C\CCCCCCCCCCCCC(=O)OCC(COC(=O)CCCCCCCCCCCCCCCCC)OC(=O)CCCCCCCCCCCCC/C=C\CCCCCCCCCC. The van der Waals surface area contributed by atoms with Gasteiger partial charge in [0, 0.05) is 19.3 Å². The highest BCUT2D eigenvalue weighted by molar-refractivity contribution is 5.71. The maximum atomic E-state index is 13.0. The van der Waals surface area contributed by atoms with Gasteiger partial charge in [0.1, 0.15) is 13.2 Å². The molecule has 6 nitrogen and oxygen atoms in total. The Bertz CT molecular complexity index is 1400. The second-order valence-corrected chi connectivity index (χ2v) is 24.5. The van der Waals surface area contributed by atoms with Crippen LogP contribution in [0.15, 0.2) is 48.6 Å². The molecule has 0 heterocycles.